The Labute approximate surface area is 146 Å². The molecule has 24 heavy (non-hydrogen) atoms. The van der Waals surface area contributed by atoms with Crippen molar-refractivity contribution in [3.63, 3.8) is 0 Å². The molecule has 0 heterocycles. The third kappa shape index (κ3) is 4.26. The first kappa shape index (κ1) is 17.8. The Balaban J connectivity index is 2.23. The van der Waals surface area contributed by atoms with Gasteiger partial charge >= 0.3 is 0 Å². The summed E-state index contributed by atoms with van der Waals surface area (Å²) in [7, 11) is 1.52. The van der Waals surface area contributed by atoms with Crippen LogP contribution in [0.1, 0.15) is 12.5 Å². The first-order valence-corrected chi connectivity index (χ1v) is 7.77. The molecule has 0 bridgehead atoms. The largest absolute Gasteiger partial charge is 0.495 e. The molecule has 6 heteroatoms. The first-order valence-electron chi connectivity index (χ1n) is 7.39. The van der Waals surface area contributed by atoms with E-state index in [2.05, 4.69) is 5.32 Å². The van der Waals surface area contributed by atoms with Crippen LogP contribution in [-0.2, 0) is 9.59 Å². The van der Waals surface area contributed by atoms with Gasteiger partial charge < -0.3 is 10.1 Å². The van der Waals surface area contributed by atoms with Gasteiger partial charge in [0.05, 0.1) is 23.5 Å². The van der Waals surface area contributed by atoms with Crippen LogP contribution in [0.25, 0.3) is 0 Å². The van der Waals surface area contributed by atoms with Crippen LogP contribution in [-0.4, -0.2) is 25.5 Å². The molecule has 2 aromatic carbocycles. The van der Waals surface area contributed by atoms with Crippen LogP contribution < -0.4 is 15.0 Å². The molecule has 0 saturated carbocycles. The molecule has 0 aromatic heterocycles. The summed E-state index contributed by atoms with van der Waals surface area (Å²) < 4.78 is 5.30. The molecule has 0 aliphatic carbocycles. The number of ether oxygens (including phenoxy) is 1. The van der Waals surface area contributed by atoms with E-state index >= 15 is 0 Å². The number of nitrogens with one attached hydrogen (secondary N) is 1. The molecule has 2 aromatic rings. The van der Waals surface area contributed by atoms with Crippen LogP contribution >= 0.6 is 11.6 Å². The summed E-state index contributed by atoms with van der Waals surface area (Å²) in [6.45, 7) is 3.18. The molecule has 2 rings (SSSR count). The third-order valence-electron chi connectivity index (χ3n) is 3.45. The van der Waals surface area contributed by atoms with E-state index in [4.69, 9.17) is 16.3 Å². The number of anilines is 2. The Morgan fingerprint density at radius 1 is 1.21 bits per heavy atom. The number of hydrogen-bond donors (Lipinski definition) is 1. The second kappa shape index (κ2) is 7.84. The molecule has 1 N–H and O–H groups in total. The van der Waals surface area contributed by atoms with E-state index in [1.807, 2.05) is 19.1 Å². The summed E-state index contributed by atoms with van der Waals surface area (Å²) >= 11 is 6.04. The molecule has 5 nitrogen and oxygen atoms in total. The molecule has 126 valence electrons. The quantitative estimate of drug-likeness (QED) is 0.899. The summed E-state index contributed by atoms with van der Waals surface area (Å²) in [4.78, 5) is 25.7. The van der Waals surface area contributed by atoms with Crippen LogP contribution in [0.2, 0.25) is 5.02 Å². The van der Waals surface area contributed by atoms with E-state index < -0.39 is 0 Å². The fraction of sp³-hybridized carbons (Fsp3) is 0.222. The van der Waals surface area contributed by atoms with E-state index in [1.165, 1.54) is 18.9 Å². The summed E-state index contributed by atoms with van der Waals surface area (Å²) in [5.41, 5.74) is 2.02. The Morgan fingerprint density at radius 2 is 1.92 bits per heavy atom. The van der Waals surface area contributed by atoms with E-state index in [-0.39, 0.29) is 18.4 Å². The molecule has 0 aliphatic rings. The molecule has 0 fully saturated rings. The second-order valence-electron chi connectivity index (χ2n) is 5.31. The molecule has 0 unspecified atom stereocenters. The molecule has 2 amide bonds. The van der Waals surface area contributed by atoms with Crippen LogP contribution in [0.3, 0.4) is 0 Å². The number of amides is 2. The van der Waals surface area contributed by atoms with Crippen molar-refractivity contribution < 1.29 is 14.3 Å². The zero-order chi connectivity index (χ0) is 17.7. The molecule has 0 radical (unpaired) electrons. The van der Waals surface area contributed by atoms with Gasteiger partial charge in [-0.25, -0.2) is 0 Å². The first-order chi connectivity index (χ1) is 11.4. The Bertz CT molecular complexity index is 762. The van der Waals surface area contributed by atoms with Gasteiger partial charge in [-0.3, -0.25) is 14.5 Å². The van der Waals surface area contributed by atoms with Crippen molar-refractivity contribution in [1.82, 2.24) is 0 Å². The number of rotatable bonds is 5. The van der Waals surface area contributed by atoms with Gasteiger partial charge in [0.15, 0.2) is 0 Å². The second-order valence-corrected chi connectivity index (χ2v) is 5.72. The fourth-order valence-electron chi connectivity index (χ4n) is 2.27. The van der Waals surface area contributed by atoms with E-state index in [9.17, 15) is 9.59 Å². The lowest BCUT2D eigenvalue weighted by Gasteiger charge is -2.23. The van der Waals surface area contributed by atoms with Crippen molar-refractivity contribution in [3.05, 3.63) is 53.1 Å². The predicted octanol–water partition coefficient (Wildman–Crippen LogP) is 3.65. The normalized spacial score (nSPS) is 10.2. The van der Waals surface area contributed by atoms with Gasteiger partial charge in [-0.05, 0) is 36.8 Å². The van der Waals surface area contributed by atoms with Gasteiger partial charge in [0.25, 0.3) is 0 Å². The average molecular weight is 347 g/mol. The van der Waals surface area contributed by atoms with E-state index in [0.717, 1.165) is 5.56 Å². The number of benzene rings is 2. The zero-order valence-corrected chi connectivity index (χ0v) is 14.6. The lowest BCUT2D eigenvalue weighted by Crippen LogP contribution is -2.37. The van der Waals surface area contributed by atoms with Crippen molar-refractivity contribution in [1.29, 1.82) is 0 Å². The van der Waals surface area contributed by atoms with Crippen LogP contribution in [0.5, 0.6) is 5.75 Å². The van der Waals surface area contributed by atoms with Crippen molar-refractivity contribution >= 4 is 34.8 Å². The summed E-state index contributed by atoms with van der Waals surface area (Å²) in [5.74, 6) is -0.0728. The highest BCUT2D eigenvalue weighted by atomic mass is 35.5. The topological polar surface area (TPSA) is 58.6 Å². The number of halogens is 1. The molecular weight excluding hydrogens is 328 g/mol. The number of carbonyl (C=O) groups excluding carboxylic acids is 2. The Kier molecular flexibility index (Phi) is 5.82. The maximum atomic E-state index is 12.3. The predicted molar refractivity (Wildman–Crippen MR) is 95.8 cm³/mol. The molecule has 0 spiro atoms. The minimum atomic E-state index is -0.346. The zero-order valence-electron chi connectivity index (χ0n) is 13.8. The number of nitrogens with zero attached hydrogens (tertiary/aromatic N) is 1. The SMILES string of the molecule is COc1ccc(C)cc1N(CC(=O)Nc1ccccc1Cl)C(C)=O. The highest BCUT2D eigenvalue weighted by Gasteiger charge is 2.20. The monoisotopic (exact) mass is 346 g/mol. The van der Waals surface area contributed by atoms with Gasteiger partial charge in [0, 0.05) is 6.92 Å². The summed E-state index contributed by atoms with van der Waals surface area (Å²) in [6.07, 6.45) is 0. The van der Waals surface area contributed by atoms with Crippen molar-refractivity contribution in [2.75, 3.05) is 23.9 Å². The van der Waals surface area contributed by atoms with Crippen LogP contribution in [0.4, 0.5) is 11.4 Å². The van der Waals surface area contributed by atoms with Crippen LogP contribution in [0, 0.1) is 6.92 Å². The van der Waals surface area contributed by atoms with Crippen molar-refractivity contribution in [3.8, 4) is 5.75 Å². The number of carbonyl (C=O) groups is 2. The number of para-hydroxylation sites is 1. The fourth-order valence-corrected chi connectivity index (χ4v) is 2.46. The van der Waals surface area contributed by atoms with Crippen molar-refractivity contribution in [2.45, 2.75) is 13.8 Å². The minimum Gasteiger partial charge on any atom is -0.495 e. The number of aryl methyl sites for hydroxylation is 1. The Hall–Kier alpha value is -2.53. The Morgan fingerprint density at radius 3 is 2.54 bits per heavy atom. The van der Waals surface area contributed by atoms with Gasteiger partial charge in [0.2, 0.25) is 11.8 Å². The summed E-state index contributed by atoms with van der Waals surface area (Å²) in [5, 5.41) is 3.15. The van der Waals surface area contributed by atoms with Crippen molar-refractivity contribution in [2.24, 2.45) is 0 Å². The molecular formula is C18H19ClN2O3. The third-order valence-corrected chi connectivity index (χ3v) is 3.78. The highest BCUT2D eigenvalue weighted by molar-refractivity contribution is 6.33. The van der Waals surface area contributed by atoms with Crippen LogP contribution in [0.15, 0.2) is 42.5 Å². The molecule has 0 saturated heterocycles. The lowest BCUT2D eigenvalue weighted by molar-refractivity contribution is -0.120. The minimum absolute atomic E-state index is 0.139. The van der Waals surface area contributed by atoms with Gasteiger partial charge in [-0.2, -0.15) is 0 Å². The molecule has 0 atom stereocenters. The standard InChI is InChI=1S/C18H19ClN2O3/c1-12-8-9-17(24-3)16(10-12)21(13(2)22)11-18(23)20-15-7-5-4-6-14(15)19/h4-10H,11H2,1-3H3,(H,20,23). The van der Waals surface area contributed by atoms with Gasteiger partial charge in [-0.15, -0.1) is 0 Å². The highest BCUT2D eigenvalue weighted by Crippen LogP contribution is 2.29. The molecule has 0 aliphatic heterocycles. The maximum absolute atomic E-state index is 12.3. The smallest absolute Gasteiger partial charge is 0.244 e. The van der Waals surface area contributed by atoms with E-state index in [1.54, 1.807) is 30.3 Å². The number of methoxy groups -OCH3 is 1. The number of hydrogen-bond acceptors (Lipinski definition) is 3. The van der Waals surface area contributed by atoms with E-state index in [0.29, 0.717) is 22.1 Å². The van der Waals surface area contributed by atoms with Gasteiger partial charge in [-0.1, -0.05) is 29.8 Å². The lowest BCUT2D eigenvalue weighted by atomic mass is 10.2. The maximum Gasteiger partial charge on any atom is 0.244 e. The average Bonchev–Trinajstić information content (AvgIpc) is 2.54. The van der Waals surface area contributed by atoms with Gasteiger partial charge in [0.1, 0.15) is 12.3 Å². The summed E-state index contributed by atoms with van der Waals surface area (Å²) in [6, 6.07) is 12.4.